The third-order valence-corrected chi connectivity index (χ3v) is 4.64. The second-order valence-corrected chi connectivity index (χ2v) is 6.26. The Kier molecular flexibility index (Phi) is 4.52. The number of aromatic nitrogens is 5. The van der Waals surface area contributed by atoms with Crippen LogP contribution in [0.2, 0.25) is 0 Å². The van der Waals surface area contributed by atoms with E-state index in [-0.39, 0.29) is 5.56 Å². The number of nitrogens with one attached hydrogen (secondary N) is 1. The standard InChI is InChI=1S/C15H20N6O2S/c1-5-9-7-12(22)21-15(17-9)24-14(19-21)16-8-10-11(6-2)18-20(3)13(10)23-4/h7H,5-6,8H2,1-4H3,(H,16,19). The molecule has 0 aromatic carbocycles. The van der Waals surface area contributed by atoms with Gasteiger partial charge in [0.15, 0.2) is 0 Å². The lowest BCUT2D eigenvalue weighted by Crippen LogP contribution is -2.15. The van der Waals surface area contributed by atoms with Gasteiger partial charge >= 0.3 is 0 Å². The third-order valence-electron chi connectivity index (χ3n) is 3.78. The molecule has 0 aliphatic carbocycles. The normalized spacial score (nSPS) is 11.2. The average Bonchev–Trinajstić information content (AvgIpc) is 3.12. The van der Waals surface area contributed by atoms with Crippen LogP contribution in [0.25, 0.3) is 4.96 Å². The van der Waals surface area contributed by atoms with Crippen molar-refractivity contribution in [3.05, 3.63) is 33.4 Å². The molecule has 3 rings (SSSR count). The van der Waals surface area contributed by atoms with Gasteiger partial charge in [0.2, 0.25) is 16.0 Å². The Morgan fingerprint density at radius 3 is 2.75 bits per heavy atom. The van der Waals surface area contributed by atoms with Crippen molar-refractivity contribution in [2.75, 3.05) is 12.4 Å². The molecule has 0 saturated heterocycles. The summed E-state index contributed by atoms with van der Waals surface area (Å²) in [6.07, 6.45) is 1.54. The van der Waals surface area contributed by atoms with E-state index in [1.165, 1.54) is 21.9 Å². The first kappa shape index (κ1) is 16.4. The van der Waals surface area contributed by atoms with Crippen LogP contribution in [-0.4, -0.2) is 31.5 Å². The van der Waals surface area contributed by atoms with E-state index in [1.807, 2.05) is 14.0 Å². The van der Waals surface area contributed by atoms with Gasteiger partial charge in [-0.3, -0.25) is 4.79 Å². The van der Waals surface area contributed by atoms with E-state index >= 15 is 0 Å². The predicted octanol–water partition coefficient (Wildman–Crippen LogP) is 1.63. The van der Waals surface area contributed by atoms with Crippen LogP contribution < -0.4 is 15.6 Å². The van der Waals surface area contributed by atoms with Gasteiger partial charge in [-0.2, -0.15) is 9.61 Å². The molecule has 0 spiro atoms. The largest absolute Gasteiger partial charge is 0.481 e. The number of methoxy groups -OCH3 is 1. The first-order chi connectivity index (χ1) is 11.6. The second-order valence-electron chi connectivity index (χ2n) is 5.31. The molecule has 9 heteroatoms. The minimum absolute atomic E-state index is 0.158. The van der Waals surface area contributed by atoms with Crippen molar-refractivity contribution in [1.82, 2.24) is 24.4 Å². The average molecular weight is 348 g/mol. The quantitative estimate of drug-likeness (QED) is 0.729. The molecule has 3 aromatic rings. The molecule has 0 amide bonds. The molecule has 0 bridgehead atoms. The summed E-state index contributed by atoms with van der Waals surface area (Å²) in [7, 11) is 3.49. The lowest BCUT2D eigenvalue weighted by atomic mass is 10.2. The zero-order valence-corrected chi connectivity index (χ0v) is 15.0. The molecule has 8 nitrogen and oxygen atoms in total. The maximum atomic E-state index is 12.1. The van der Waals surface area contributed by atoms with Gasteiger partial charge in [-0.25, -0.2) is 9.67 Å². The SMILES string of the molecule is CCc1cc(=O)n2nc(NCc3c(CC)nn(C)c3OC)sc2n1. The van der Waals surface area contributed by atoms with E-state index in [4.69, 9.17) is 4.74 Å². The van der Waals surface area contributed by atoms with Gasteiger partial charge in [-0.1, -0.05) is 25.2 Å². The molecule has 0 fully saturated rings. The lowest BCUT2D eigenvalue weighted by molar-refractivity contribution is 0.370. The van der Waals surface area contributed by atoms with Crippen molar-refractivity contribution in [2.45, 2.75) is 33.2 Å². The van der Waals surface area contributed by atoms with Crippen LogP contribution in [0.15, 0.2) is 10.9 Å². The molecular formula is C15H20N6O2S. The summed E-state index contributed by atoms with van der Waals surface area (Å²) >= 11 is 1.36. The molecule has 0 saturated carbocycles. The highest BCUT2D eigenvalue weighted by Crippen LogP contribution is 2.24. The van der Waals surface area contributed by atoms with E-state index in [1.54, 1.807) is 11.8 Å². The van der Waals surface area contributed by atoms with Crippen LogP contribution >= 0.6 is 11.3 Å². The Labute approximate surface area is 143 Å². The molecule has 0 aliphatic heterocycles. The Hall–Kier alpha value is -2.42. The molecule has 24 heavy (non-hydrogen) atoms. The van der Waals surface area contributed by atoms with Gasteiger partial charge in [-0.05, 0) is 12.8 Å². The molecule has 128 valence electrons. The summed E-state index contributed by atoms with van der Waals surface area (Å²) in [4.78, 5) is 17.1. The Morgan fingerprint density at radius 1 is 1.29 bits per heavy atom. The Morgan fingerprint density at radius 2 is 2.08 bits per heavy atom. The molecular weight excluding hydrogens is 328 g/mol. The summed E-state index contributed by atoms with van der Waals surface area (Å²) < 4.78 is 8.49. The number of hydrogen-bond donors (Lipinski definition) is 1. The number of rotatable bonds is 6. The summed E-state index contributed by atoms with van der Waals surface area (Å²) in [5.74, 6) is 0.726. The zero-order chi connectivity index (χ0) is 17.3. The van der Waals surface area contributed by atoms with Crippen LogP contribution in [0.3, 0.4) is 0 Å². The Bertz CT molecular complexity index is 926. The van der Waals surface area contributed by atoms with Crippen molar-refractivity contribution >= 4 is 21.4 Å². The molecule has 1 N–H and O–H groups in total. The fraction of sp³-hybridized carbons (Fsp3) is 0.467. The van der Waals surface area contributed by atoms with Crippen LogP contribution in [-0.2, 0) is 26.4 Å². The van der Waals surface area contributed by atoms with E-state index in [2.05, 4.69) is 27.4 Å². The summed E-state index contributed by atoms with van der Waals surface area (Å²) in [6.45, 7) is 4.55. The smallest absolute Gasteiger partial charge is 0.275 e. The minimum atomic E-state index is -0.158. The van der Waals surface area contributed by atoms with Gasteiger partial charge in [0, 0.05) is 25.4 Å². The zero-order valence-electron chi connectivity index (χ0n) is 14.2. The van der Waals surface area contributed by atoms with E-state index in [0.717, 1.165) is 35.7 Å². The van der Waals surface area contributed by atoms with Crippen molar-refractivity contribution in [3.8, 4) is 5.88 Å². The van der Waals surface area contributed by atoms with E-state index in [0.29, 0.717) is 16.6 Å². The summed E-state index contributed by atoms with van der Waals surface area (Å²) in [5, 5.41) is 12.7. The highest BCUT2D eigenvalue weighted by atomic mass is 32.1. The maximum Gasteiger partial charge on any atom is 0.275 e. The van der Waals surface area contributed by atoms with Crippen LogP contribution in [0, 0.1) is 0 Å². The fourth-order valence-electron chi connectivity index (χ4n) is 2.60. The second kappa shape index (κ2) is 6.60. The van der Waals surface area contributed by atoms with E-state index in [9.17, 15) is 4.79 Å². The van der Waals surface area contributed by atoms with E-state index < -0.39 is 0 Å². The number of aryl methyl sites for hydroxylation is 3. The van der Waals surface area contributed by atoms with Gasteiger partial charge in [-0.15, -0.1) is 5.10 Å². The first-order valence-corrected chi connectivity index (χ1v) is 8.61. The third kappa shape index (κ3) is 2.86. The van der Waals surface area contributed by atoms with Crippen LogP contribution in [0.4, 0.5) is 5.13 Å². The number of anilines is 1. The molecule has 0 atom stereocenters. The van der Waals surface area contributed by atoms with Crippen molar-refractivity contribution in [2.24, 2.45) is 7.05 Å². The minimum Gasteiger partial charge on any atom is -0.481 e. The van der Waals surface area contributed by atoms with Gasteiger partial charge in [0.05, 0.1) is 18.4 Å². The molecule has 0 aliphatic rings. The molecule has 0 radical (unpaired) electrons. The number of hydrogen-bond acceptors (Lipinski definition) is 7. The fourth-order valence-corrected chi connectivity index (χ4v) is 3.42. The van der Waals surface area contributed by atoms with Crippen molar-refractivity contribution in [1.29, 1.82) is 0 Å². The number of ether oxygens (including phenoxy) is 1. The predicted molar refractivity (Wildman–Crippen MR) is 93.0 cm³/mol. The molecule has 3 heterocycles. The van der Waals surface area contributed by atoms with Gasteiger partial charge < -0.3 is 10.1 Å². The summed E-state index contributed by atoms with van der Waals surface area (Å²) in [5.41, 5.74) is 2.59. The van der Waals surface area contributed by atoms with Crippen LogP contribution in [0.5, 0.6) is 5.88 Å². The maximum absolute atomic E-state index is 12.1. The van der Waals surface area contributed by atoms with Crippen molar-refractivity contribution < 1.29 is 4.74 Å². The molecule has 0 unspecified atom stereocenters. The van der Waals surface area contributed by atoms with Gasteiger partial charge in [0.25, 0.3) is 5.56 Å². The lowest BCUT2D eigenvalue weighted by Gasteiger charge is -2.05. The monoisotopic (exact) mass is 348 g/mol. The highest BCUT2D eigenvalue weighted by Gasteiger charge is 2.16. The number of fused-ring (bicyclic) bond motifs is 1. The number of nitrogens with zero attached hydrogens (tertiary/aromatic N) is 5. The topological polar surface area (TPSA) is 86.3 Å². The highest BCUT2D eigenvalue weighted by molar-refractivity contribution is 7.20. The first-order valence-electron chi connectivity index (χ1n) is 7.79. The van der Waals surface area contributed by atoms with Gasteiger partial charge in [0.1, 0.15) is 0 Å². The summed E-state index contributed by atoms with van der Waals surface area (Å²) in [6, 6.07) is 1.52. The van der Waals surface area contributed by atoms with Crippen molar-refractivity contribution in [3.63, 3.8) is 0 Å². The Balaban J connectivity index is 1.89. The molecule has 3 aromatic heterocycles. The van der Waals surface area contributed by atoms with Crippen LogP contribution in [0.1, 0.15) is 30.8 Å².